The third-order valence-corrected chi connectivity index (χ3v) is 8.66. The molecule has 3 aliphatic rings. The first-order valence-corrected chi connectivity index (χ1v) is 11.4. The Hall–Kier alpha value is -2.44. The van der Waals surface area contributed by atoms with E-state index < -0.39 is 22.6 Å². The molecule has 0 radical (unpaired) electrons. The molecule has 5 nitrogen and oxygen atoms in total. The normalized spacial score (nSPS) is 31.8. The Balaban J connectivity index is 1.77. The Morgan fingerprint density at radius 3 is 1.97 bits per heavy atom. The molecule has 0 aromatic heterocycles. The van der Waals surface area contributed by atoms with Gasteiger partial charge in [0, 0.05) is 16.9 Å². The second-order valence-corrected chi connectivity index (χ2v) is 10.2. The van der Waals surface area contributed by atoms with E-state index in [-0.39, 0.29) is 17.3 Å². The number of rotatable bonds is 6. The lowest BCUT2D eigenvalue weighted by molar-refractivity contribution is -0.143. The summed E-state index contributed by atoms with van der Waals surface area (Å²) in [5.41, 5.74) is 18.5. The summed E-state index contributed by atoms with van der Waals surface area (Å²) in [5.74, 6) is -1.19. The lowest BCUT2D eigenvalue weighted by Crippen LogP contribution is -2.63. The molecule has 1 spiro atoms. The highest BCUT2D eigenvalue weighted by atomic mass is 79.9. The molecule has 6 heteroatoms. The number of benzene rings is 2. The smallest absolute Gasteiger partial charge is 0.229 e. The number of nitrogens with two attached hydrogens (primary N) is 3. The highest BCUT2D eigenvalue weighted by molar-refractivity contribution is 9.10. The van der Waals surface area contributed by atoms with Gasteiger partial charge in [-0.3, -0.25) is 9.59 Å². The van der Waals surface area contributed by atoms with E-state index in [1.807, 2.05) is 48.5 Å². The highest BCUT2D eigenvalue weighted by Gasteiger charge is 2.82. The van der Waals surface area contributed by atoms with E-state index in [4.69, 9.17) is 17.2 Å². The van der Waals surface area contributed by atoms with Gasteiger partial charge in [-0.1, -0.05) is 64.5 Å². The lowest BCUT2D eigenvalue weighted by atomic mass is 9.52. The molecule has 4 atom stereocenters. The van der Waals surface area contributed by atoms with Crippen molar-refractivity contribution in [2.75, 3.05) is 0 Å². The van der Waals surface area contributed by atoms with Gasteiger partial charge in [0.25, 0.3) is 0 Å². The van der Waals surface area contributed by atoms with E-state index in [1.165, 1.54) is 0 Å². The number of carbonyl (C=O) groups is 2. The van der Waals surface area contributed by atoms with Crippen LogP contribution in [0.1, 0.15) is 29.5 Å². The van der Waals surface area contributed by atoms with Gasteiger partial charge < -0.3 is 17.2 Å². The van der Waals surface area contributed by atoms with Crippen LogP contribution in [0.5, 0.6) is 0 Å². The van der Waals surface area contributed by atoms with Crippen LogP contribution in [0, 0.1) is 22.7 Å². The summed E-state index contributed by atoms with van der Waals surface area (Å²) < 4.78 is 0.901. The van der Waals surface area contributed by atoms with Crippen LogP contribution in [0.4, 0.5) is 0 Å². The average Bonchev–Trinajstić information content (AvgIpc) is 3.42. The fourth-order valence-electron chi connectivity index (χ4n) is 6.78. The number of primary amides is 2. The third-order valence-electron chi connectivity index (χ3n) is 8.13. The first-order chi connectivity index (χ1) is 14.8. The van der Waals surface area contributed by atoms with Crippen LogP contribution in [0.15, 0.2) is 65.2 Å². The van der Waals surface area contributed by atoms with Gasteiger partial charge in [-0.25, -0.2) is 0 Å². The Morgan fingerprint density at radius 2 is 1.45 bits per heavy atom. The minimum Gasteiger partial charge on any atom is -0.369 e. The molecular weight excluding hydrogens is 454 g/mol. The zero-order valence-corrected chi connectivity index (χ0v) is 18.8. The van der Waals surface area contributed by atoms with E-state index in [9.17, 15) is 9.59 Å². The van der Waals surface area contributed by atoms with Crippen molar-refractivity contribution in [3.05, 3.63) is 81.8 Å². The maximum absolute atomic E-state index is 13.5. The van der Waals surface area contributed by atoms with Crippen molar-refractivity contribution in [2.24, 2.45) is 39.9 Å². The monoisotopic (exact) mass is 479 g/mol. The predicted molar refractivity (Wildman–Crippen MR) is 122 cm³/mol. The van der Waals surface area contributed by atoms with Crippen molar-refractivity contribution in [3.8, 4) is 0 Å². The quantitative estimate of drug-likeness (QED) is 0.553. The van der Waals surface area contributed by atoms with Crippen molar-refractivity contribution in [3.63, 3.8) is 0 Å². The molecule has 0 unspecified atom stereocenters. The molecule has 2 aromatic rings. The van der Waals surface area contributed by atoms with Crippen LogP contribution >= 0.6 is 15.9 Å². The molecule has 2 saturated carbocycles. The number of hydrogen-bond acceptors (Lipinski definition) is 3. The summed E-state index contributed by atoms with van der Waals surface area (Å²) in [6.07, 6.45) is 6.55. The van der Waals surface area contributed by atoms with Crippen molar-refractivity contribution in [2.45, 2.75) is 31.2 Å². The number of carbonyl (C=O) groups excluding carboxylic acids is 2. The van der Waals surface area contributed by atoms with Gasteiger partial charge in [0.2, 0.25) is 11.8 Å². The average molecular weight is 480 g/mol. The van der Waals surface area contributed by atoms with E-state index in [0.29, 0.717) is 13.0 Å². The predicted octanol–water partition coefficient (Wildman–Crippen LogP) is 2.94. The maximum Gasteiger partial charge on any atom is 0.229 e. The van der Waals surface area contributed by atoms with Crippen molar-refractivity contribution >= 4 is 27.7 Å². The Bertz CT molecular complexity index is 1090. The van der Waals surface area contributed by atoms with Crippen LogP contribution in [0.2, 0.25) is 0 Å². The summed E-state index contributed by atoms with van der Waals surface area (Å²) in [6, 6.07) is 15.5. The third kappa shape index (κ3) is 2.46. The summed E-state index contributed by atoms with van der Waals surface area (Å²) in [6.45, 7) is 0.446. The topological polar surface area (TPSA) is 112 Å². The molecular formula is C25H26BrN3O2. The molecule has 2 aromatic carbocycles. The molecule has 2 fully saturated rings. The summed E-state index contributed by atoms with van der Waals surface area (Å²) in [7, 11) is 0. The molecule has 2 bridgehead atoms. The van der Waals surface area contributed by atoms with Crippen molar-refractivity contribution < 1.29 is 9.59 Å². The maximum atomic E-state index is 13.5. The summed E-state index contributed by atoms with van der Waals surface area (Å²) in [4.78, 5) is 26.9. The fraction of sp³-hybridized carbons (Fsp3) is 0.360. The van der Waals surface area contributed by atoms with E-state index >= 15 is 0 Å². The molecule has 5 rings (SSSR count). The van der Waals surface area contributed by atoms with E-state index in [2.05, 4.69) is 28.1 Å². The number of amides is 2. The Kier molecular flexibility index (Phi) is 4.47. The van der Waals surface area contributed by atoms with Gasteiger partial charge >= 0.3 is 0 Å². The molecule has 3 aliphatic carbocycles. The zero-order chi connectivity index (χ0) is 22.0. The minimum absolute atomic E-state index is 0.117. The second-order valence-electron chi connectivity index (χ2n) is 9.29. The standard InChI is InChI=1S/C25H26BrN3O2/c26-18-7-5-17(6-8-18)25(22(29)31)20-10-9-19(23(20)11-12-23)24(25,21(28)30)13-15-1-3-16(14-27)4-2-15/h1-10,19-20H,11-14,27H2,(H2,28,30)(H2,29,31)/t19-,20+,24+,25-/m1/s1. The molecule has 0 heterocycles. The van der Waals surface area contributed by atoms with Crippen LogP contribution < -0.4 is 17.2 Å². The summed E-state index contributed by atoms with van der Waals surface area (Å²) >= 11 is 3.48. The molecule has 160 valence electrons. The molecule has 6 N–H and O–H groups in total. The van der Waals surface area contributed by atoms with Gasteiger partial charge in [0.1, 0.15) is 0 Å². The fourth-order valence-corrected chi connectivity index (χ4v) is 7.05. The van der Waals surface area contributed by atoms with Gasteiger partial charge in [-0.05, 0) is 59.4 Å². The first-order valence-electron chi connectivity index (χ1n) is 10.6. The zero-order valence-electron chi connectivity index (χ0n) is 17.2. The number of allylic oxidation sites excluding steroid dienone is 2. The second kappa shape index (κ2) is 6.78. The highest BCUT2D eigenvalue weighted by Crippen LogP contribution is 2.80. The SMILES string of the molecule is NCc1ccc(C[C@@]2(C(N)=O)[C@@H]3C=C[C@@H](C34CC4)[C@@]2(C(N)=O)c2ccc(Br)cc2)cc1. The van der Waals surface area contributed by atoms with Gasteiger partial charge in [-0.15, -0.1) is 0 Å². The summed E-state index contributed by atoms with van der Waals surface area (Å²) in [5, 5.41) is 0. The van der Waals surface area contributed by atoms with Crippen LogP contribution in [0.25, 0.3) is 0 Å². The minimum atomic E-state index is -1.19. The Labute approximate surface area is 190 Å². The Morgan fingerprint density at radius 1 is 0.871 bits per heavy atom. The molecule has 0 saturated heterocycles. The van der Waals surface area contributed by atoms with Gasteiger partial charge in [-0.2, -0.15) is 0 Å². The van der Waals surface area contributed by atoms with Crippen molar-refractivity contribution in [1.29, 1.82) is 0 Å². The molecule has 31 heavy (non-hydrogen) atoms. The van der Waals surface area contributed by atoms with E-state index in [1.54, 1.807) is 0 Å². The van der Waals surface area contributed by atoms with Gasteiger partial charge in [0.15, 0.2) is 0 Å². The number of halogens is 1. The van der Waals surface area contributed by atoms with Crippen LogP contribution in [-0.2, 0) is 28.0 Å². The largest absolute Gasteiger partial charge is 0.369 e. The first kappa shape index (κ1) is 20.5. The molecule has 2 amide bonds. The molecule has 0 aliphatic heterocycles. The van der Waals surface area contributed by atoms with E-state index in [0.717, 1.165) is 34.0 Å². The van der Waals surface area contributed by atoms with Crippen LogP contribution in [-0.4, -0.2) is 11.8 Å². The van der Waals surface area contributed by atoms with Crippen molar-refractivity contribution in [1.82, 2.24) is 0 Å². The van der Waals surface area contributed by atoms with Crippen LogP contribution in [0.3, 0.4) is 0 Å². The lowest BCUT2D eigenvalue weighted by Gasteiger charge is -2.48. The number of hydrogen-bond donors (Lipinski definition) is 3. The van der Waals surface area contributed by atoms with Gasteiger partial charge in [0.05, 0.1) is 10.8 Å².